The van der Waals surface area contributed by atoms with Crippen LogP contribution in [-0.2, 0) is 6.42 Å². The normalized spacial score (nSPS) is 12.4. The van der Waals surface area contributed by atoms with Crippen LogP contribution in [0.15, 0.2) is 51.8 Å². The van der Waals surface area contributed by atoms with Crippen molar-refractivity contribution in [1.82, 2.24) is 0 Å². The predicted octanol–water partition coefficient (Wildman–Crippen LogP) is 5.45. The number of halogens is 3. The lowest BCUT2D eigenvalue weighted by molar-refractivity contribution is 0.200. The van der Waals surface area contributed by atoms with E-state index in [9.17, 15) is 5.11 Å². The minimum absolute atomic E-state index is 0.427. The molecule has 0 fully saturated rings. The van der Waals surface area contributed by atoms with Crippen molar-refractivity contribution >= 4 is 50.9 Å². The number of hydrogen-bond donors (Lipinski definition) is 1. The molecule has 0 aromatic heterocycles. The average molecular weight is 392 g/mol. The van der Waals surface area contributed by atoms with Crippen LogP contribution in [-0.4, -0.2) is 17.0 Å². The van der Waals surface area contributed by atoms with E-state index < -0.39 is 6.10 Å². The van der Waals surface area contributed by atoms with Gasteiger partial charge < -0.3 is 5.11 Å². The van der Waals surface area contributed by atoms with Gasteiger partial charge in [-0.2, -0.15) is 0 Å². The zero-order valence-corrected chi connectivity index (χ0v) is 14.4. The molecule has 2 aromatic carbocycles. The van der Waals surface area contributed by atoms with E-state index in [0.29, 0.717) is 22.2 Å². The van der Waals surface area contributed by atoms with Crippen LogP contribution in [0.3, 0.4) is 0 Å². The van der Waals surface area contributed by atoms with Gasteiger partial charge in [-0.3, -0.25) is 0 Å². The molecule has 1 N–H and O–H groups in total. The van der Waals surface area contributed by atoms with Crippen molar-refractivity contribution in [1.29, 1.82) is 0 Å². The summed E-state index contributed by atoms with van der Waals surface area (Å²) in [6.07, 6.45) is 0.137. The van der Waals surface area contributed by atoms with Gasteiger partial charge in [-0.25, -0.2) is 0 Å². The molecular weight excluding hydrogens is 379 g/mol. The molecule has 1 unspecified atom stereocenters. The second-order valence-corrected chi connectivity index (χ2v) is 7.08. The Morgan fingerprint density at radius 3 is 2.55 bits per heavy atom. The molecule has 0 aliphatic rings. The Kier molecular flexibility index (Phi) is 6.24. The zero-order valence-electron chi connectivity index (χ0n) is 10.5. The molecule has 1 nitrogen and oxygen atoms in total. The van der Waals surface area contributed by atoms with Gasteiger partial charge in [0.05, 0.1) is 16.1 Å². The minimum atomic E-state index is -0.427. The number of rotatable bonds is 5. The Labute approximate surface area is 141 Å². The fourth-order valence-corrected chi connectivity index (χ4v) is 3.56. The van der Waals surface area contributed by atoms with E-state index in [1.54, 1.807) is 23.9 Å². The van der Waals surface area contributed by atoms with Gasteiger partial charge in [-0.05, 0) is 52.2 Å². The second kappa shape index (κ2) is 7.71. The number of aliphatic hydroxyl groups excluding tert-OH is 1. The molecule has 0 aliphatic carbocycles. The van der Waals surface area contributed by atoms with Gasteiger partial charge in [0.25, 0.3) is 0 Å². The lowest BCUT2D eigenvalue weighted by Gasteiger charge is -2.11. The van der Waals surface area contributed by atoms with Gasteiger partial charge in [0.2, 0.25) is 0 Å². The monoisotopic (exact) mass is 390 g/mol. The van der Waals surface area contributed by atoms with Crippen molar-refractivity contribution in [3.05, 3.63) is 62.5 Å². The molecule has 0 radical (unpaired) electrons. The molecule has 0 aliphatic heterocycles. The van der Waals surface area contributed by atoms with Gasteiger partial charge in [0, 0.05) is 15.1 Å². The van der Waals surface area contributed by atoms with Crippen LogP contribution < -0.4 is 0 Å². The summed E-state index contributed by atoms with van der Waals surface area (Å²) in [5.74, 6) is 0.628. The van der Waals surface area contributed by atoms with Crippen molar-refractivity contribution < 1.29 is 5.11 Å². The van der Waals surface area contributed by atoms with E-state index in [1.165, 1.54) is 0 Å². The molecule has 0 amide bonds. The fraction of sp³-hybridized carbons (Fsp3) is 0.200. The van der Waals surface area contributed by atoms with Crippen molar-refractivity contribution in [2.75, 3.05) is 5.75 Å². The molecular formula is C15H13BrCl2OS. The van der Waals surface area contributed by atoms with E-state index in [4.69, 9.17) is 23.2 Å². The Morgan fingerprint density at radius 1 is 1.10 bits per heavy atom. The highest BCUT2D eigenvalue weighted by molar-refractivity contribution is 9.10. The van der Waals surface area contributed by atoms with Crippen molar-refractivity contribution in [3.63, 3.8) is 0 Å². The summed E-state index contributed by atoms with van der Waals surface area (Å²) in [6, 6.07) is 13.4. The molecule has 20 heavy (non-hydrogen) atoms. The molecule has 0 saturated heterocycles. The first-order chi connectivity index (χ1) is 9.56. The lowest BCUT2D eigenvalue weighted by Crippen LogP contribution is -2.13. The van der Waals surface area contributed by atoms with Gasteiger partial charge in [0.1, 0.15) is 0 Å². The standard InChI is InChI=1S/C15H13BrCl2OS/c16-12-3-1-2-4-15(12)20-9-11(19)7-10-5-6-13(17)14(18)8-10/h1-6,8,11,19H,7,9H2. The zero-order chi connectivity index (χ0) is 14.5. The van der Waals surface area contributed by atoms with Crippen LogP contribution >= 0.6 is 50.9 Å². The number of benzene rings is 2. The molecule has 2 rings (SSSR count). The van der Waals surface area contributed by atoms with Crippen molar-refractivity contribution in [3.8, 4) is 0 Å². The number of aliphatic hydroxyl groups is 1. The molecule has 0 heterocycles. The molecule has 0 spiro atoms. The van der Waals surface area contributed by atoms with Crippen LogP contribution in [0.1, 0.15) is 5.56 Å². The van der Waals surface area contributed by atoms with Crippen molar-refractivity contribution in [2.24, 2.45) is 0 Å². The van der Waals surface area contributed by atoms with Crippen LogP contribution in [0.25, 0.3) is 0 Å². The summed E-state index contributed by atoms with van der Waals surface area (Å²) < 4.78 is 1.05. The maximum Gasteiger partial charge on any atom is 0.0674 e. The average Bonchev–Trinajstić information content (AvgIpc) is 2.42. The van der Waals surface area contributed by atoms with E-state index in [1.807, 2.05) is 30.3 Å². The quantitative estimate of drug-likeness (QED) is 0.683. The van der Waals surface area contributed by atoms with E-state index in [-0.39, 0.29) is 0 Å². The third-order valence-corrected chi connectivity index (χ3v) is 5.63. The third kappa shape index (κ3) is 4.68. The minimum Gasteiger partial charge on any atom is -0.392 e. The molecule has 0 saturated carbocycles. The van der Waals surface area contributed by atoms with Crippen LogP contribution in [0.4, 0.5) is 0 Å². The van der Waals surface area contributed by atoms with E-state index >= 15 is 0 Å². The Hall–Kier alpha value is -0.190. The highest BCUT2D eigenvalue weighted by Crippen LogP contribution is 2.28. The first kappa shape index (κ1) is 16.2. The largest absolute Gasteiger partial charge is 0.392 e. The summed E-state index contributed by atoms with van der Waals surface area (Å²) in [7, 11) is 0. The molecule has 1 atom stereocenters. The SMILES string of the molecule is OC(CSc1ccccc1Br)Cc1ccc(Cl)c(Cl)c1. The fourth-order valence-electron chi connectivity index (χ4n) is 1.75. The molecule has 2 aromatic rings. The van der Waals surface area contributed by atoms with Gasteiger partial charge in [-0.15, -0.1) is 11.8 Å². The molecule has 0 bridgehead atoms. The summed E-state index contributed by atoms with van der Waals surface area (Å²) in [6.45, 7) is 0. The molecule has 5 heteroatoms. The summed E-state index contributed by atoms with van der Waals surface area (Å²) in [5.41, 5.74) is 0.986. The van der Waals surface area contributed by atoms with Crippen molar-refractivity contribution in [2.45, 2.75) is 17.4 Å². The predicted molar refractivity (Wildman–Crippen MR) is 91.0 cm³/mol. The van der Waals surface area contributed by atoms with Gasteiger partial charge in [0.15, 0.2) is 0 Å². The second-order valence-electron chi connectivity index (χ2n) is 4.35. The van der Waals surface area contributed by atoms with Crippen LogP contribution in [0.5, 0.6) is 0 Å². The maximum absolute atomic E-state index is 10.1. The van der Waals surface area contributed by atoms with Gasteiger partial charge >= 0.3 is 0 Å². The Morgan fingerprint density at radius 2 is 1.85 bits per heavy atom. The first-order valence-electron chi connectivity index (χ1n) is 6.05. The first-order valence-corrected chi connectivity index (χ1v) is 8.59. The lowest BCUT2D eigenvalue weighted by atomic mass is 10.1. The Bertz CT molecular complexity index is 592. The molecule has 106 valence electrons. The number of hydrogen-bond acceptors (Lipinski definition) is 2. The van der Waals surface area contributed by atoms with Crippen LogP contribution in [0, 0.1) is 0 Å². The highest BCUT2D eigenvalue weighted by Gasteiger charge is 2.09. The Balaban J connectivity index is 1.91. The maximum atomic E-state index is 10.1. The summed E-state index contributed by atoms with van der Waals surface area (Å²) in [4.78, 5) is 1.13. The number of thioether (sulfide) groups is 1. The van der Waals surface area contributed by atoms with Crippen LogP contribution in [0.2, 0.25) is 10.0 Å². The highest BCUT2D eigenvalue weighted by atomic mass is 79.9. The third-order valence-electron chi connectivity index (χ3n) is 2.72. The van der Waals surface area contributed by atoms with E-state index in [0.717, 1.165) is 14.9 Å². The summed E-state index contributed by atoms with van der Waals surface area (Å²) >= 11 is 17.0. The topological polar surface area (TPSA) is 20.2 Å². The van der Waals surface area contributed by atoms with E-state index in [2.05, 4.69) is 15.9 Å². The van der Waals surface area contributed by atoms with Gasteiger partial charge in [-0.1, -0.05) is 41.4 Å². The smallest absolute Gasteiger partial charge is 0.0674 e. The summed E-state index contributed by atoms with van der Waals surface area (Å²) in [5, 5.41) is 11.2.